The first kappa shape index (κ1) is 18.2. The van der Waals surface area contributed by atoms with Crippen LogP contribution in [0.2, 0.25) is 0 Å². The quantitative estimate of drug-likeness (QED) is 0.886. The van der Waals surface area contributed by atoms with Gasteiger partial charge < -0.3 is 10.0 Å². The van der Waals surface area contributed by atoms with Crippen molar-refractivity contribution in [3.8, 4) is 0 Å². The number of aromatic carboxylic acids is 1. The Morgan fingerprint density at radius 2 is 1.64 bits per heavy atom. The molecule has 2 atom stereocenters. The van der Waals surface area contributed by atoms with Crippen molar-refractivity contribution in [2.24, 2.45) is 0 Å². The highest BCUT2D eigenvalue weighted by molar-refractivity contribution is 7.91. The molecule has 0 aliphatic heterocycles. The van der Waals surface area contributed by atoms with E-state index < -0.39 is 33.0 Å². The molecule has 1 N–H and O–H groups in total. The van der Waals surface area contributed by atoms with Crippen LogP contribution in [-0.4, -0.2) is 54.9 Å². The van der Waals surface area contributed by atoms with Gasteiger partial charge in [-0.05, 0) is 44.5 Å². The first-order valence-electron chi connectivity index (χ1n) is 6.76. The molecule has 0 aliphatic carbocycles. The number of amides is 1. The third-order valence-electron chi connectivity index (χ3n) is 3.86. The molecular weight excluding hydrogens is 306 g/mol. The molecule has 0 radical (unpaired) electrons. The molecule has 0 bridgehead atoms. The van der Waals surface area contributed by atoms with Gasteiger partial charge in [-0.1, -0.05) is 0 Å². The zero-order valence-electron chi connectivity index (χ0n) is 13.3. The fourth-order valence-corrected chi connectivity index (χ4v) is 2.99. The molecule has 122 valence electrons. The molecule has 22 heavy (non-hydrogen) atoms. The van der Waals surface area contributed by atoms with Gasteiger partial charge >= 0.3 is 5.97 Å². The summed E-state index contributed by atoms with van der Waals surface area (Å²) in [7, 11) is -1.77. The van der Waals surface area contributed by atoms with Crippen molar-refractivity contribution < 1.29 is 23.1 Å². The van der Waals surface area contributed by atoms with Gasteiger partial charge in [0.1, 0.15) is 0 Å². The second kappa shape index (κ2) is 6.48. The van der Waals surface area contributed by atoms with E-state index in [1.165, 1.54) is 24.1 Å². The minimum absolute atomic E-state index is 0.0283. The topological polar surface area (TPSA) is 91.8 Å². The van der Waals surface area contributed by atoms with Crippen LogP contribution in [0.3, 0.4) is 0 Å². The molecule has 0 saturated heterocycles. The van der Waals surface area contributed by atoms with Crippen LogP contribution in [-0.2, 0) is 9.84 Å². The Morgan fingerprint density at radius 1 is 1.14 bits per heavy atom. The van der Waals surface area contributed by atoms with Crippen molar-refractivity contribution >= 4 is 21.7 Å². The third-order valence-corrected chi connectivity index (χ3v) is 5.60. The number of benzene rings is 1. The van der Waals surface area contributed by atoms with E-state index in [2.05, 4.69) is 0 Å². The standard InChI is InChI=1S/C15H21NO5S/c1-9-6-12(8-13(7-9)15(18)19)14(17)16(4)10(2)11(3)22(5,20)21/h6-8,10-11H,1-5H3,(H,18,19). The molecule has 6 nitrogen and oxygen atoms in total. The molecule has 1 rings (SSSR count). The lowest BCUT2D eigenvalue weighted by atomic mass is 10.0. The number of carboxylic acids is 1. The fourth-order valence-electron chi connectivity index (χ4n) is 2.09. The Balaban J connectivity index is 3.13. The van der Waals surface area contributed by atoms with Crippen molar-refractivity contribution in [1.29, 1.82) is 0 Å². The van der Waals surface area contributed by atoms with Crippen LogP contribution in [0, 0.1) is 6.92 Å². The van der Waals surface area contributed by atoms with E-state index in [4.69, 9.17) is 5.11 Å². The number of sulfone groups is 1. The maximum absolute atomic E-state index is 12.5. The molecule has 1 amide bonds. The van der Waals surface area contributed by atoms with Crippen LogP contribution in [0.15, 0.2) is 18.2 Å². The zero-order chi connectivity index (χ0) is 17.2. The highest BCUT2D eigenvalue weighted by Crippen LogP contribution is 2.16. The lowest BCUT2D eigenvalue weighted by molar-refractivity contribution is 0.0696. The largest absolute Gasteiger partial charge is 0.478 e. The highest BCUT2D eigenvalue weighted by Gasteiger charge is 2.28. The van der Waals surface area contributed by atoms with Gasteiger partial charge in [0.05, 0.1) is 10.8 Å². The molecule has 1 aromatic rings. The molecule has 7 heteroatoms. The Hall–Kier alpha value is -1.89. The SMILES string of the molecule is Cc1cc(C(=O)O)cc(C(=O)N(C)C(C)C(C)S(C)(=O)=O)c1. The van der Waals surface area contributed by atoms with Crippen molar-refractivity contribution in [3.05, 3.63) is 34.9 Å². The second-order valence-corrected chi connectivity index (χ2v) is 7.99. The number of carbonyl (C=O) groups excluding carboxylic acids is 1. The Bertz CT molecular complexity index is 696. The van der Waals surface area contributed by atoms with Crippen LogP contribution >= 0.6 is 0 Å². The van der Waals surface area contributed by atoms with E-state index in [0.29, 0.717) is 5.56 Å². The average Bonchev–Trinajstić information content (AvgIpc) is 2.42. The van der Waals surface area contributed by atoms with Crippen LogP contribution in [0.25, 0.3) is 0 Å². The molecule has 2 unspecified atom stereocenters. The molecule has 0 heterocycles. The van der Waals surface area contributed by atoms with Crippen LogP contribution in [0.1, 0.15) is 40.1 Å². The number of hydrogen-bond acceptors (Lipinski definition) is 4. The number of aryl methyl sites for hydroxylation is 1. The van der Waals surface area contributed by atoms with Gasteiger partial charge in [-0.2, -0.15) is 0 Å². The summed E-state index contributed by atoms with van der Waals surface area (Å²) in [4.78, 5) is 24.9. The molecule has 0 spiro atoms. The normalized spacial score (nSPS) is 14.2. The van der Waals surface area contributed by atoms with E-state index >= 15 is 0 Å². The van der Waals surface area contributed by atoms with Crippen LogP contribution < -0.4 is 0 Å². The lowest BCUT2D eigenvalue weighted by Gasteiger charge is -2.29. The van der Waals surface area contributed by atoms with E-state index in [-0.39, 0.29) is 11.1 Å². The first-order valence-corrected chi connectivity index (χ1v) is 8.71. The molecule has 0 fully saturated rings. The van der Waals surface area contributed by atoms with Gasteiger partial charge in [-0.3, -0.25) is 4.79 Å². The van der Waals surface area contributed by atoms with E-state index in [1.807, 2.05) is 0 Å². The number of nitrogens with zero attached hydrogens (tertiary/aromatic N) is 1. The summed E-state index contributed by atoms with van der Waals surface area (Å²) < 4.78 is 23.2. The van der Waals surface area contributed by atoms with Crippen LogP contribution in [0.5, 0.6) is 0 Å². The fraction of sp³-hybridized carbons (Fsp3) is 0.467. The maximum atomic E-state index is 12.5. The summed E-state index contributed by atoms with van der Waals surface area (Å²) in [6.45, 7) is 4.89. The molecule has 0 aromatic heterocycles. The number of carbonyl (C=O) groups is 2. The minimum Gasteiger partial charge on any atom is -0.478 e. The predicted octanol–water partition coefficient (Wildman–Crippen LogP) is 1.59. The maximum Gasteiger partial charge on any atom is 0.335 e. The van der Waals surface area contributed by atoms with Crippen molar-refractivity contribution in [2.45, 2.75) is 32.1 Å². The van der Waals surface area contributed by atoms with E-state index in [1.54, 1.807) is 26.8 Å². The van der Waals surface area contributed by atoms with Crippen LogP contribution in [0.4, 0.5) is 0 Å². The first-order chi connectivity index (χ1) is 9.95. The number of rotatable bonds is 5. The number of carboxylic acid groups (broad SMARTS) is 1. The molecule has 0 aliphatic rings. The van der Waals surface area contributed by atoms with Crippen molar-refractivity contribution in [3.63, 3.8) is 0 Å². The summed E-state index contributed by atoms with van der Waals surface area (Å²) in [6.07, 6.45) is 1.13. The van der Waals surface area contributed by atoms with Gasteiger partial charge in [-0.25, -0.2) is 13.2 Å². The zero-order valence-corrected chi connectivity index (χ0v) is 14.1. The van der Waals surface area contributed by atoms with E-state index in [0.717, 1.165) is 6.26 Å². The monoisotopic (exact) mass is 327 g/mol. The van der Waals surface area contributed by atoms with Gasteiger partial charge in [-0.15, -0.1) is 0 Å². The Kier molecular flexibility index (Phi) is 5.35. The van der Waals surface area contributed by atoms with Gasteiger partial charge in [0.2, 0.25) is 0 Å². The van der Waals surface area contributed by atoms with Gasteiger partial charge in [0, 0.05) is 24.9 Å². The van der Waals surface area contributed by atoms with E-state index in [9.17, 15) is 18.0 Å². The Labute approximate surface area is 130 Å². The predicted molar refractivity (Wildman–Crippen MR) is 84.0 cm³/mol. The van der Waals surface area contributed by atoms with Gasteiger partial charge in [0.25, 0.3) is 5.91 Å². The summed E-state index contributed by atoms with van der Waals surface area (Å²) in [5.74, 6) is -1.52. The van der Waals surface area contributed by atoms with Crippen molar-refractivity contribution in [1.82, 2.24) is 4.90 Å². The molecular formula is C15H21NO5S. The summed E-state index contributed by atoms with van der Waals surface area (Å²) in [5, 5.41) is 8.34. The Morgan fingerprint density at radius 3 is 2.09 bits per heavy atom. The van der Waals surface area contributed by atoms with Gasteiger partial charge in [0.15, 0.2) is 9.84 Å². The second-order valence-electron chi connectivity index (χ2n) is 5.58. The average molecular weight is 327 g/mol. The highest BCUT2D eigenvalue weighted by atomic mass is 32.2. The molecule has 0 saturated carbocycles. The third kappa shape index (κ3) is 4.07. The minimum atomic E-state index is -3.28. The smallest absolute Gasteiger partial charge is 0.335 e. The number of hydrogen-bond donors (Lipinski definition) is 1. The van der Waals surface area contributed by atoms with Crippen molar-refractivity contribution in [2.75, 3.05) is 13.3 Å². The summed E-state index contributed by atoms with van der Waals surface area (Å²) in [5.41, 5.74) is 0.911. The lowest BCUT2D eigenvalue weighted by Crippen LogP contribution is -2.44. The summed E-state index contributed by atoms with van der Waals surface area (Å²) in [6, 6.07) is 3.83. The molecule has 1 aromatic carbocycles. The summed E-state index contributed by atoms with van der Waals surface area (Å²) >= 11 is 0.